The van der Waals surface area contributed by atoms with Crippen molar-refractivity contribution < 1.29 is 9.53 Å². The molecule has 1 heterocycles. The van der Waals surface area contributed by atoms with Gasteiger partial charge < -0.3 is 9.64 Å². The van der Waals surface area contributed by atoms with E-state index in [0.29, 0.717) is 11.4 Å². The summed E-state index contributed by atoms with van der Waals surface area (Å²) in [6.45, 7) is 0.829. The largest absolute Gasteiger partial charge is 0.496 e. The monoisotopic (exact) mass is 355 g/mol. The molecule has 0 spiro atoms. The van der Waals surface area contributed by atoms with Gasteiger partial charge in [-0.15, -0.1) is 0 Å². The lowest BCUT2D eigenvalue weighted by Crippen LogP contribution is -2.31. The number of carbonyl (C=O) groups excluding carboxylic acids is 1. The summed E-state index contributed by atoms with van der Waals surface area (Å²) in [6, 6.07) is 14.4. The lowest BCUT2D eigenvalue weighted by Gasteiger charge is -2.25. The first-order valence-electron chi connectivity index (χ1n) is 8.88. The average Bonchev–Trinajstić information content (AvgIpc) is 3.20. The highest BCUT2D eigenvalue weighted by Crippen LogP contribution is 2.40. The first-order valence-corrected chi connectivity index (χ1v) is 9.26. The molecule has 0 radical (unpaired) electrons. The Hall–Kier alpha value is -2.00. The van der Waals surface area contributed by atoms with E-state index >= 15 is 0 Å². The van der Waals surface area contributed by atoms with Gasteiger partial charge in [-0.05, 0) is 48.9 Å². The lowest BCUT2D eigenvalue weighted by atomic mass is 9.97. The molecule has 0 N–H and O–H groups in total. The van der Waals surface area contributed by atoms with Gasteiger partial charge in [0.2, 0.25) is 5.91 Å². The highest BCUT2D eigenvalue weighted by molar-refractivity contribution is 6.31. The van der Waals surface area contributed by atoms with Gasteiger partial charge in [-0.3, -0.25) is 4.79 Å². The highest BCUT2D eigenvalue weighted by Gasteiger charge is 2.39. The molecule has 2 aromatic rings. The number of rotatable bonds is 4. The van der Waals surface area contributed by atoms with Crippen molar-refractivity contribution in [1.82, 2.24) is 4.90 Å². The van der Waals surface area contributed by atoms with Gasteiger partial charge in [-0.2, -0.15) is 0 Å². The van der Waals surface area contributed by atoms with Crippen LogP contribution in [0.5, 0.6) is 5.75 Å². The van der Waals surface area contributed by atoms with E-state index in [9.17, 15) is 4.79 Å². The number of halogens is 1. The SMILES string of the molecule is COc1cccc(Cl)c1CC1CCN(C2CCc3ccccc32)C1=O. The molecule has 4 rings (SSSR count). The molecule has 1 amide bonds. The zero-order valence-corrected chi connectivity index (χ0v) is 15.1. The molecule has 2 aliphatic rings. The van der Waals surface area contributed by atoms with Crippen LogP contribution in [0.3, 0.4) is 0 Å². The van der Waals surface area contributed by atoms with Gasteiger partial charge in [-0.1, -0.05) is 41.9 Å². The molecule has 3 nitrogen and oxygen atoms in total. The van der Waals surface area contributed by atoms with Crippen molar-refractivity contribution >= 4 is 17.5 Å². The number of benzene rings is 2. The van der Waals surface area contributed by atoms with Crippen LogP contribution in [0.4, 0.5) is 0 Å². The normalized spacial score (nSPS) is 22.3. The Morgan fingerprint density at radius 2 is 2.00 bits per heavy atom. The van der Waals surface area contributed by atoms with Crippen molar-refractivity contribution in [2.45, 2.75) is 31.7 Å². The van der Waals surface area contributed by atoms with Gasteiger partial charge in [0, 0.05) is 23.0 Å². The number of nitrogens with zero attached hydrogens (tertiary/aromatic N) is 1. The fourth-order valence-corrected chi connectivity index (χ4v) is 4.54. The fraction of sp³-hybridized carbons (Fsp3) is 0.381. The van der Waals surface area contributed by atoms with E-state index in [1.165, 1.54) is 11.1 Å². The molecule has 1 aliphatic carbocycles. The fourth-order valence-electron chi connectivity index (χ4n) is 4.29. The molecular formula is C21H22ClNO2. The number of hydrogen-bond acceptors (Lipinski definition) is 2. The van der Waals surface area contributed by atoms with Crippen LogP contribution in [0.25, 0.3) is 0 Å². The second kappa shape index (κ2) is 6.72. The summed E-state index contributed by atoms with van der Waals surface area (Å²) in [6.07, 6.45) is 3.62. The van der Waals surface area contributed by atoms with Crippen LogP contribution in [0.1, 0.15) is 35.6 Å². The number of fused-ring (bicyclic) bond motifs is 1. The minimum Gasteiger partial charge on any atom is -0.496 e. The Morgan fingerprint density at radius 1 is 1.16 bits per heavy atom. The summed E-state index contributed by atoms with van der Waals surface area (Å²) in [5, 5.41) is 0.678. The highest BCUT2D eigenvalue weighted by atomic mass is 35.5. The minimum atomic E-state index is -0.0124. The van der Waals surface area contributed by atoms with Gasteiger partial charge in [0.05, 0.1) is 13.2 Å². The summed E-state index contributed by atoms with van der Waals surface area (Å²) >= 11 is 6.36. The van der Waals surface area contributed by atoms with Gasteiger partial charge in [0.25, 0.3) is 0 Å². The molecule has 1 saturated heterocycles. The molecule has 0 bridgehead atoms. The number of hydrogen-bond donors (Lipinski definition) is 0. The van der Waals surface area contributed by atoms with Gasteiger partial charge in [0.1, 0.15) is 5.75 Å². The first-order chi connectivity index (χ1) is 12.2. The molecule has 4 heteroatoms. The van der Waals surface area contributed by atoms with Gasteiger partial charge in [0.15, 0.2) is 0 Å². The predicted molar refractivity (Wildman–Crippen MR) is 99.0 cm³/mol. The van der Waals surface area contributed by atoms with Crippen molar-refractivity contribution in [3.05, 3.63) is 64.2 Å². The number of aryl methyl sites for hydroxylation is 1. The summed E-state index contributed by atoms with van der Waals surface area (Å²) in [7, 11) is 1.65. The first kappa shape index (κ1) is 16.5. The summed E-state index contributed by atoms with van der Waals surface area (Å²) in [4.78, 5) is 15.1. The van der Waals surface area contributed by atoms with Crippen LogP contribution in [-0.2, 0) is 17.6 Å². The number of ether oxygens (including phenoxy) is 1. The standard InChI is InChI=1S/C21H22ClNO2/c1-25-20-8-4-7-18(22)17(20)13-15-11-12-23(21(15)24)19-10-9-14-5-2-3-6-16(14)19/h2-8,15,19H,9-13H2,1H3. The predicted octanol–water partition coefficient (Wildman–Crippen LogP) is 4.43. The zero-order valence-electron chi connectivity index (χ0n) is 14.4. The molecule has 130 valence electrons. The van der Waals surface area contributed by atoms with Crippen LogP contribution in [-0.4, -0.2) is 24.5 Å². The van der Waals surface area contributed by atoms with E-state index < -0.39 is 0 Å². The van der Waals surface area contributed by atoms with Crippen LogP contribution in [0.2, 0.25) is 5.02 Å². The third-order valence-corrected chi connectivity index (χ3v) is 5.93. The number of carbonyl (C=O) groups is 1. The molecule has 2 atom stereocenters. The Morgan fingerprint density at radius 3 is 2.84 bits per heavy atom. The van der Waals surface area contributed by atoms with E-state index in [0.717, 1.165) is 37.1 Å². The van der Waals surface area contributed by atoms with E-state index in [1.54, 1.807) is 7.11 Å². The average molecular weight is 356 g/mol. The second-order valence-corrected chi connectivity index (χ2v) is 7.30. The van der Waals surface area contributed by atoms with Crippen molar-refractivity contribution in [2.24, 2.45) is 5.92 Å². The Bertz CT molecular complexity index is 804. The molecule has 25 heavy (non-hydrogen) atoms. The molecule has 0 saturated carbocycles. The Labute approximate surface area is 153 Å². The van der Waals surface area contributed by atoms with Crippen LogP contribution < -0.4 is 4.74 Å². The quantitative estimate of drug-likeness (QED) is 0.812. The molecule has 2 aromatic carbocycles. The molecule has 2 unspecified atom stereocenters. The topological polar surface area (TPSA) is 29.5 Å². The van der Waals surface area contributed by atoms with E-state index in [-0.39, 0.29) is 17.9 Å². The molecule has 0 aromatic heterocycles. The Kier molecular flexibility index (Phi) is 4.43. The van der Waals surface area contributed by atoms with Crippen molar-refractivity contribution in [3.63, 3.8) is 0 Å². The maximum absolute atomic E-state index is 13.1. The summed E-state index contributed by atoms with van der Waals surface area (Å²) < 4.78 is 5.44. The lowest BCUT2D eigenvalue weighted by molar-refractivity contribution is -0.133. The Balaban J connectivity index is 1.54. The third kappa shape index (κ3) is 2.91. The summed E-state index contributed by atoms with van der Waals surface area (Å²) in [5.74, 6) is 1.01. The maximum Gasteiger partial charge on any atom is 0.226 e. The van der Waals surface area contributed by atoms with Crippen molar-refractivity contribution in [1.29, 1.82) is 0 Å². The van der Waals surface area contributed by atoms with Gasteiger partial charge >= 0.3 is 0 Å². The van der Waals surface area contributed by atoms with E-state index in [2.05, 4.69) is 29.2 Å². The maximum atomic E-state index is 13.1. The number of likely N-dealkylation sites (tertiary alicyclic amines) is 1. The van der Waals surface area contributed by atoms with Crippen molar-refractivity contribution in [2.75, 3.05) is 13.7 Å². The van der Waals surface area contributed by atoms with Gasteiger partial charge in [-0.25, -0.2) is 0 Å². The van der Waals surface area contributed by atoms with Crippen LogP contribution in [0, 0.1) is 5.92 Å². The zero-order chi connectivity index (χ0) is 17.4. The van der Waals surface area contributed by atoms with E-state index in [4.69, 9.17) is 16.3 Å². The van der Waals surface area contributed by atoms with Crippen LogP contribution >= 0.6 is 11.6 Å². The third-order valence-electron chi connectivity index (χ3n) is 5.57. The number of amides is 1. The second-order valence-electron chi connectivity index (χ2n) is 6.90. The van der Waals surface area contributed by atoms with Crippen LogP contribution in [0.15, 0.2) is 42.5 Å². The number of methoxy groups -OCH3 is 1. The molecule has 1 aliphatic heterocycles. The molecule has 1 fully saturated rings. The molecular weight excluding hydrogens is 334 g/mol. The minimum absolute atomic E-state index is 0.0124. The smallest absolute Gasteiger partial charge is 0.226 e. The van der Waals surface area contributed by atoms with Crippen molar-refractivity contribution in [3.8, 4) is 5.75 Å². The van der Waals surface area contributed by atoms with E-state index in [1.807, 2.05) is 18.2 Å². The summed E-state index contributed by atoms with van der Waals surface area (Å²) in [5.41, 5.74) is 3.65.